The second kappa shape index (κ2) is 5.96. The van der Waals surface area contributed by atoms with Crippen molar-refractivity contribution < 1.29 is 14.7 Å². The van der Waals surface area contributed by atoms with Crippen LogP contribution in [-0.2, 0) is 4.79 Å². The molecule has 2 rings (SSSR count). The van der Waals surface area contributed by atoms with Gasteiger partial charge in [0.25, 0.3) is 5.91 Å². The Bertz CT molecular complexity index is 508. The molecule has 4 nitrogen and oxygen atoms in total. The SMILES string of the molecule is CCC1SCC(C(=O)O)N1C(=O)c1cccc(Br)c1. The average Bonchev–Trinajstić information content (AvgIpc) is 2.81. The normalized spacial score (nSPS) is 22.5. The molecule has 1 heterocycles. The third-order valence-electron chi connectivity index (χ3n) is 3.03. The smallest absolute Gasteiger partial charge is 0.327 e. The summed E-state index contributed by atoms with van der Waals surface area (Å²) in [5.74, 6) is -0.703. The average molecular weight is 344 g/mol. The number of thioether (sulfide) groups is 1. The molecule has 0 aliphatic carbocycles. The number of benzene rings is 1. The van der Waals surface area contributed by atoms with Gasteiger partial charge in [-0.05, 0) is 24.6 Å². The number of carboxylic acid groups (broad SMARTS) is 1. The molecular weight excluding hydrogens is 330 g/mol. The van der Waals surface area contributed by atoms with Crippen molar-refractivity contribution in [1.82, 2.24) is 4.90 Å². The van der Waals surface area contributed by atoms with Crippen LogP contribution in [0.3, 0.4) is 0 Å². The molecule has 19 heavy (non-hydrogen) atoms. The Morgan fingerprint density at radius 1 is 1.53 bits per heavy atom. The quantitative estimate of drug-likeness (QED) is 0.916. The van der Waals surface area contributed by atoms with E-state index in [4.69, 9.17) is 0 Å². The summed E-state index contributed by atoms with van der Waals surface area (Å²) in [6.45, 7) is 1.96. The molecule has 102 valence electrons. The van der Waals surface area contributed by atoms with Crippen molar-refractivity contribution in [1.29, 1.82) is 0 Å². The predicted molar refractivity (Wildman–Crippen MR) is 78.3 cm³/mol. The summed E-state index contributed by atoms with van der Waals surface area (Å²) in [5, 5.41) is 9.17. The Morgan fingerprint density at radius 2 is 2.26 bits per heavy atom. The summed E-state index contributed by atoms with van der Waals surface area (Å²) in [4.78, 5) is 25.3. The molecule has 0 bridgehead atoms. The van der Waals surface area contributed by atoms with E-state index >= 15 is 0 Å². The van der Waals surface area contributed by atoms with Gasteiger partial charge in [-0.15, -0.1) is 11.8 Å². The molecule has 2 unspecified atom stereocenters. The number of amides is 1. The molecule has 1 fully saturated rings. The highest BCUT2D eigenvalue weighted by Gasteiger charge is 2.41. The minimum absolute atomic E-state index is 0.0624. The molecular formula is C13H14BrNO3S. The molecule has 1 amide bonds. The first-order valence-electron chi connectivity index (χ1n) is 5.97. The number of carboxylic acids is 1. The highest BCUT2D eigenvalue weighted by atomic mass is 79.9. The van der Waals surface area contributed by atoms with Gasteiger partial charge >= 0.3 is 5.97 Å². The zero-order valence-corrected chi connectivity index (χ0v) is 12.8. The molecule has 0 aromatic heterocycles. The van der Waals surface area contributed by atoms with Crippen molar-refractivity contribution >= 4 is 39.6 Å². The summed E-state index contributed by atoms with van der Waals surface area (Å²) in [6, 6.07) is 6.30. The number of nitrogens with zero attached hydrogens (tertiary/aromatic N) is 1. The first kappa shape index (κ1) is 14.4. The molecule has 1 saturated heterocycles. The lowest BCUT2D eigenvalue weighted by atomic mass is 10.1. The van der Waals surface area contributed by atoms with Gasteiger partial charge in [0, 0.05) is 15.8 Å². The first-order chi connectivity index (χ1) is 9.04. The standard InChI is InChI=1S/C13H14BrNO3S/c1-2-11-15(10(7-19-11)13(17)18)12(16)8-4-3-5-9(14)6-8/h3-6,10-11H,2,7H2,1H3,(H,17,18). The van der Waals surface area contributed by atoms with Gasteiger partial charge < -0.3 is 10.0 Å². The third-order valence-corrected chi connectivity index (χ3v) is 4.98. The summed E-state index contributed by atoms with van der Waals surface area (Å²) in [7, 11) is 0. The predicted octanol–water partition coefficient (Wildman–Crippen LogP) is 2.83. The van der Waals surface area contributed by atoms with E-state index in [2.05, 4.69) is 15.9 Å². The van der Waals surface area contributed by atoms with Gasteiger partial charge in [-0.25, -0.2) is 4.79 Å². The van der Waals surface area contributed by atoms with Crippen LogP contribution in [0.25, 0.3) is 0 Å². The van der Waals surface area contributed by atoms with Crippen LogP contribution < -0.4 is 0 Å². The maximum atomic E-state index is 12.5. The van der Waals surface area contributed by atoms with Crippen LogP contribution in [0.4, 0.5) is 0 Å². The van der Waals surface area contributed by atoms with Crippen molar-refractivity contribution in [2.45, 2.75) is 24.8 Å². The van der Waals surface area contributed by atoms with E-state index in [1.807, 2.05) is 13.0 Å². The van der Waals surface area contributed by atoms with Crippen molar-refractivity contribution in [3.8, 4) is 0 Å². The van der Waals surface area contributed by atoms with E-state index in [-0.39, 0.29) is 11.3 Å². The topological polar surface area (TPSA) is 57.6 Å². The zero-order chi connectivity index (χ0) is 14.0. The van der Waals surface area contributed by atoms with E-state index in [0.29, 0.717) is 11.3 Å². The third kappa shape index (κ3) is 2.95. The summed E-state index contributed by atoms with van der Waals surface area (Å²) >= 11 is 4.85. The van der Waals surface area contributed by atoms with Crippen molar-refractivity contribution in [3.63, 3.8) is 0 Å². The zero-order valence-electron chi connectivity index (χ0n) is 10.4. The Kier molecular flexibility index (Phi) is 4.52. The minimum atomic E-state index is -0.938. The number of carbonyl (C=O) groups excluding carboxylic acids is 1. The number of halogens is 1. The van der Waals surface area contributed by atoms with Crippen LogP contribution in [-0.4, -0.2) is 39.1 Å². The Morgan fingerprint density at radius 3 is 2.84 bits per heavy atom. The van der Waals surface area contributed by atoms with Crippen LogP contribution in [0.1, 0.15) is 23.7 Å². The van der Waals surface area contributed by atoms with E-state index in [1.54, 1.807) is 18.2 Å². The molecule has 1 aliphatic heterocycles. The monoisotopic (exact) mass is 343 g/mol. The molecule has 1 aromatic carbocycles. The van der Waals surface area contributed by atoms with Gasteiger partial charge in [0.1, 0.15) is 6.04 Å². The fourth-order valence-corrected chi connectivity index (χ4v) is 3.86. The molecule has 2 atom stereocenters. The largest absolute Gasteiger partial charge is 0.480 e. The van der Waals surface area contributed by atoms with Gasteiger partial charge in [-0.3, -0.25) is 4.79 Å². The fraction of sp³-hybridized carbons (Fsp3) is 0.385. The second-order valence-corrected chi connectivity index (χ2v) is 6.40. The van der Waals surface area contributed by atoms with E-state index in [9.17, 15) is 14.7 Å². The molecule has 1 aliphatic rings. The number of carbonyl (C=O) groups is 2. The molecule has 1 N–H and O–H groups in total. The Balaban J connectivity index is 2.31. The van der Waals surface area contributed by atoms with Crippen molar-refractivity contribution in [2.24, 2.45) is 0 Å². The van der Waals surface area contributed by atoms with E-state index < -0.39 is 12.0 Å². The number of hydrogen-bond donors (Lipinski definition) is 1. The molecule has 0 radical (unpaired) electrons. The number of hydrogen-bond acceptors (Lipinski definition) is 3. The van der Waals surface area contributed by atoms with Crippen LogP contribution in [0.5, 0.6) is 0 Å². The Labute approximate surface area is 124 Å². The highest BCUT2D eigenvalue weighted by molar-refractivity contribution is 9.10. The maximum absolute atomic E-state index is 12.5. The maximum Gasteiger partial charge on any atom is 0.327 e. The Hall–Kier alpha value is -1.01. The lowest BCUT2D eigenvalue weighted by Crippen LogP contribution is -2.45. The van der Waals surface area contributed by atoms with Gasteiger partial charge in [0.15, 0.2) is 0 Å². The van der Waals surface area contributed by atoms with E-state index in [0.717, 1.165) is 10.9 Å². The second-order valence-electron chi connectivity index (χ2n) is 4.27. The summed E-state index contributed by atoms with van der Waals surface area (Å²) < 4.78 is 0.810. The van der Waals surface area contributed by atoms with Gasteiger partial charge in [-0.2, -0.15) is 0 Å². The number of rotatable bonds is 3. The lowest BCUT2D eigenvalue weighted by molar-refractivity contribution is -0.141. The molecule has 0 saturated carbocycles. The van der Waals surface area contributed by atoms with Gasteiger partial charge in [0.05, 0.1) is 5.37 Å². The summed E-state index contributed by atoms with van der Waals surface area (Å²) in [5.41, 5.74) is 0.515. The highest BCUT2D eigenvalue weighted by Crippen LogP contribution is 2.32. The van der Waals surface area contributed by atoms with Crippen LogP contribution in [0, 0.1) is 0 Å². The van der Waals surface area contributed by atoms with E-state index in [1.165, 1.54) is 16.7 Å². The molecule has 0 spiro atoms. The fourth-order valence-electron chi connectivity index (χ4n) is 2.11. The number of aliphatic carboxylic acids is 1. The molecule has 6 heteroatoms. The van der Waals surface area contributed by atoms with Crippen molar-refractivity contribution in [2.75, 3.05) is 5.75 Å². The summed E-state index contributed by atoms with van der Waals surface area (Å²) in [6.07, 6.45) is 0.744. The van der Waals surface area contributed by atoms with Crippen molar-refractivity contribution in [3.05, 3.63) is 34.3 Å². The lowest BCUT2D eigenvalue weighted by Gasteiger charge is -2.26. The van der Waals surface area contributed by atoms with Crippen LogP contribution in [0.15, 0.2) is 28.7 Å². The minimum Gasteiger partial charge on any atom is -0.480 e. The molecule has 1 aromatic rings. The van der Waals surface area contributed by atoms with Gasteiger partial charge in [0.2, 0.25) is 0 Å². The van der Waals surface area contributed by atoms with Crippen LogP contribution >= 0.6 is 27.7 Å². The van der Waals surface area contributed by atoms with Crippen LogP contribution in [0.2, 0.25) is 0 Å². The first-order valence-corrected chi connectivity index (χ1v) is 7.81. The van der Waals surface area contributed by atoms with Gasteiger partial charge in [-0.1, -0.05) is 28.9 Å².